The van der Waals surface area contributed by atoms with Crippen LogP contribution in [0, 0.1) is 0 Å². The minimum atomic E-state index is 0.451. The van der Waals surface area contributed by atoms with Crippen molar-refractivity contribution in [2.75, 3.05) is 13.2 Å². The summed E-state index contributed by atoms with van der Waals surface area (Å²) in [6.07, 6.45) is 7.32. The summed E-state index contributed by atoms with van der Waals surface area (Å²) >= 11 is 6.16. The largest absolute Gasteiger partial charge is 0.489 e. The van der Waals surface area contributed by atoms with E-state index in [0.717, 1.165) is 18.0 Å². The molecule has 1 saturated heterocycles. The molecular weight excluding hydrogens is 274 g/mol. The minimum Gasteiger partial charge on any atom is -0.489 e. The Kier molecular flexibility index (Phi) is 4.23. The van der Waals surface area contributed by atoms with Crippen molar-refractivity contribution >= 4 is 11.6 Å². The van der Waals surface area contributed by atoms with E-state index in [2.05, 4.69) is 10.4 Å². The molecule has 4 nitrogen and oxygen atoms in total. The topological polar surface area (TPSA) is 39.1 Å². The number of ether oxygens (including phenoxy) is 1. The lowest BCUT2D eigenvalue weighted by Gasteiger charge is -2.22. The first-order valence-corrected chi connectivity index (χ1v) is 7.36. The molecule has 1 aromatic heterocycles. The zero-order valence-electron chi connectivity index (χ0n) is 11.3. The van der Waals surface area contributed by atoms with Gasteiger partial charge < -0.3 is 10.1 Å². The van der Waals surface area contributed by atoms with Crippen molar-refractivity contribution in [3.8, 4) is 11.4 Å². The predicted molar refractivity (Wildman–Crippen MR) is 79.7 cm³/mol. The SMILES string of the molecule is Clc1ccccc1-n1cc(OCC2CCCCN2)cn1. The summed E-state index contributed by atoms with van der Waals surface area (Å²) in [6.45, 7) is 1.78. The molecule has 2 aromatic rings. The molecule has 106 valence electrons. The number of nitrogens with zero attached hydrogens (tertiary/aromatic N) is 2. The third-order valence-electron chi connectivity index (χ3n) is 3.52. The molecule has 1 aliphatic heterocycles. The molecule has 1 aromatic carbocycles. The van der Waals surface area contributed by atoms with E-state index in [1.54, 1.807) is 10.9 Å². The lowest BCUT2D eigenvalue weighted by atomic mass is 10.1. The van der Waals surface area contributed by atoms with Crippen LogP contribution in [0.1, 0.15) is 19.3 Å². The Balaban J connectivity index is 1.63. The normalized spacial score (nSPS) is 18.9. The average Bonchev–Trinajstić information content (AvgIpc) is 2.95. The Bertz CT molecular complexity index is 564. The zero-order chi connectivity index (χ0) is 13.8. The van der Waals surface area contributed by atoms with Gasteiger partial charge in [0.1, 0.15) is 6.61 Å². The fourth-order valence-electron chi connectivity index (χ4n) is 2.41. The number of para-hydroxylation sites is 1. The molecule has 0 saturated carbocycles. The van der Waals surface area contributed by atoms with Crippen LogP contribution in [-0.2, 0) is 0 Å². The first-order chi connectivity index (χ1) is 9.83. The molecule has 1 aliphatic rings. The smallest absolute Gasteiger partial charge is 0.157 e. The summed E-state index contributed by atoms with van der Waals surface area (Å²) in [5.41, 5.74) is 0.861. The summed E-state index contributed by atoms with van der Waals surface area (Å²) in [4.78, 5) is 0. The van der Waals surface area contributed by atoms with E-state index in [1.807, 2.05) is 30.5 Å². The molecule has 1 unspecified atom stereocenters. The van der Waals surface area contributed by atoms with Crippen molar-refractivity contribution in [1.29, 1.82) is 0 Å². The number of hydrogen-bond donors (Lipinski definition) is 1. The number of rotatable bonds is 4. The van der Waals surface area contributed by atoms with E-state index >= 15 is 0 Å². The van der Waals surface area contributed by atoms with Crippen LogP contribution in [0.3, 0.4) is 0 Å². The Morgan fingerprint density at radius 1 is 1.35 bits per heavy atom. The highest BCUT2D eigenvalue weighted by Gasteiger charge is 2.13. The molecular formula is C15H18ClN3O. The van der Waals surface area contributed by atoms with Gasteiger partial charge in [0.2, 0.25) is 0 Å². The third kappa shape index (κ3) is 3.14. The van der Waals surface area contributed by atoms with Gasteiger partial charge in [-0.15, -0.1) is 0 Å². The van der Waals surface area contributed by atoms with Crippen LogP contribution in [-0.4, -0.2) is 29.0 Å². The lowest BCUT2D eigenvalue weighted by Crippen LogP contribution is -2.38. The van der Waals surface area contributed by atoms with E-state index in [9.17, 15) is 0 Å². The second-order valence-electron chi connectivity index (χ2n) is 5.03. The molecule has 0 spiro atoms. The van der Waals surface area contributed by atoms with Crippen molar-refractivity contribution in [2.45, 2.75) is 25.3 Å². The lowest BCUT2D eigenvalue weighted by molar-refractivity contribution is 0.239. The van der Waals surface area contributed by atoms with Crippen molar-refractivity contribution in [3.05, 3.63) is 41.7 Å². The summed E-state index contributed by atoms with van der Waals surface area (Å²) in [5.74, 6) is 0.775. The molecule has 1 N–H and O–H groups in total. The van der Waals surface area contributed by atoms with Gasteiger partial charge in [-0.25, -0.2) is 4.68 Å². The van der Waals surface area contributed by atoms with Crippen LogP contribution >= 0.6 is 11.6 Å². The van der Waals surface area contributed by atoms with Crippen molar-refractivity contribution in [2.24, 2.45) is 0 Å². The van der Waals surface area contributed by atoms with Gasteiger partial charge in [0.05, 0.1) is 23.1 Å². The Labute approximate surface area is 123 Å². The van der Waals surface area contributed by atoms with E-state index in [4.69, 9.17) is 16.3 Å². The van der Waals surface area contributed by atoms with Gasteiger partial charge in [0.25, 0.3) is 0 Å². The first kappa shape index (κ1) is 13.5. The molecule has 0 amide bonds. The van der Waals surface area contributed by atoms with E-state index < -0.39 is 0 Å². The Morgan fingerprint density at radius 2 is 2.25 bits per heavy atom. The predicted octanol–water partition coefficient (Wildman–Crippen LogP) is 3.05. The fourth-order valence-corrected chi connectivity index (χ4v) is 2.64. The minimum absolute atomic E-state index is 0.451. The van der Waals surface area contributed by atoms with Crippen LogP contribution in [0.5, 0.6) is 5.75 Å². The number of aromatic nitrogens is 2. The van der Waals surface area contributed by atoms with E-state index in [1.165, 1.54) is 19.3 Å². The highest BCUT2D eigenvalue weighted by Crippen LogP contribution is 2.21. The van der Waals surface area contributed by atoms with Gasteiger partial charge in [-0.2, -0.15) is 5.10 Å². The highest BCUT2D eigenvalue weighted by molar-refractivity contribution is 6.32. The number of halogens is 1. The summed E-state index contributed by atoms with van der Waals surface area (Å²) < 4.78 is 7.54. The van der Waals surface area contributed by atoms with E-state index in [-0.39, 0.29) is 0 Å². The van der Waals surface area contributed by atoms with Crippen LogP contribution in [0.4, 0.5) is 0 Å². The number of benzene rings is 1. The highest BCUT2D eigenvalue weighted by atomic mass is 35.5. The Morgan fingerprint density at radius 3 is 3.05 bits per heavy atom. The average molecular weight is 292 g/mol. The first-order valence-electron chi connectivity index (χ1n) is 6.99. The van der Waals surface area contributed by atoms with Gasteiger partial charge in [0.15, 0.2) is 5.75 Å². The standard InChI is InChI=1S/C15H18ClN3O/c16-14-6-1-2-7-15(14)19-10-13(9-18-19)20-11-12-5-3-4-8-17-12/h1-2,6-7,9-10,12,17H,3-5,8,11H2. The third-order valence-corrected chi connectivity index (χ3v) is 3.84. The van der Waals surface area contributed by atoms with Crippen molar-refractivity contribution in [3.63, 3.8) is 0 Å². The molecule has 0 aliphatic carbocycles. The molecule has 0 radical (unpaired) electrons. The molecule has 0 bridgehead atoms. The second kappa shape index (κ2) is 6.29. The molecule has 1 fully saturated rings. The Hall–Kier alpha value is -1.52. The summed E-state index contributed by atoms with van der Waals surface area (Å²) in [6, 6.07) is 8.08. The van der Waals surface area contributed by atoms with Gasteiger partial charge in [0, 0.05) is 6.04 Å². The molecule has 1 atom stereocenters. The van der Waals surface area contributed by atoms with Crippen molar-refractivity contribution < 1.29 is 4.74 Å². The van der Waals surface area contributed by atoms with Gasteiger partial charge in [-0.3, -0.25) is 0 Å². The molecule has 2 heterocycles. The van der Waals surface area contributed by atoms with Gasteiger partial charge in [-0.05, 0) is 31.5 Å². The van der Waals surface area contributed by atoms with Crippen molar-refractivity contribution in [1.82, 2.24) is 15.1 Å². The van der Waals surface area contributed by atoms with Crippen LogP contribution < -0.4 is 10.1 Å². The quantitative estimate of drug-likeness (QED) is 0.941. The maximum atomic E-state index is 6.16. The second-order valence-corrected chi connectivity index (χ2v) is 5.44. The maximum Gasteiger partial charge on any atom is 0.157 e. The van der Waals surface area contributed by atoms with Gasteiger partial charge >= 0.3 is 0 Å². The van der Waals surface area contributed by atoms with E-state index in [0.29, 0.717) is 17.7 Å². The maximum absolute atomic E-state index is 6.16. The number of hydrogen-bond acceptors (Lipinski definition) is 3. The zero-order valence-corrected chi connectivity index (χ0v) is 12.0. The van der Waals surface area contributed by atoms with Crippen LogP contribution in [0.15, 0.2) is 36.7 Å². The van der Waals surface area contributed by atoms with Crippen LogP contribution in [0.2, 0.25) is 5.02 Å². The fraction of sp³-hybridized carbons (Fsp3) is 0.400. The number of nitrogens with one attached hydrogen (secondary N) is 1. The molecule has 5 heteroatoms. The summed E-state index contributed by atoms with van der Waals surface area (Å²) in [7, 11) is 0. The monoisotopic (exact) mass is 291 g/mol. The van der Waals surface area contributed by atoms with Crippen LogP contribution in [0.25, 0.3) is 5.69 Å². The number of piperidine rings is 1. The molecule has 20 heavy (non-hydrogen) atoms. The summed E-state index contributed by atoms with van der Waals surface area (Å²) in [5, 5.41) is 8.44. The van der Waals surface area contributed by atoms with Gasteiger partial charge in [-0.1, -0.05) is 30.2 Å². The molecule has 3 rings (SSSR count).